The molecule has 2 fully saturated rings. The predicted octanol–water partition coefficient (Wildman–Crippen LogP) is -9.95. The lowest BCUT2D eigenvalue weighted by Gasteiger charge is -2.39. The van der Waals surface area contributed by atoms with Crippen LogP contribution in [-0.4, -0.2) is 155 Å². The molecule has 0 saturated carbocycles. The summed E-state index contributed by atoms with van der Waals surface area (Å²) in [6.07, 6.45) is -5.61. The molecule has 14 N–H and O–H groups in total. The molecule has 22 heteroatoms. The quantitative estimate of drug-likeness (QED) is 0.0454. The van der Waals surface area contributed by atoms with Crippen molar-refractivity contribution in [2.75, 3.05) is 19.8 Å². The lowest BCUT2D eigenvalue weighted by Crippen LogP contribution is -2.68. The Balaban J connectivity index is 0.000000388. The van der Waals surface area contributed by atoms with Gasteiger partial charge in [-0.15, -0.1) is 11.5 Å². The van der Waals surface area contributed by atoms with Crippen LogP contribution in [0.5, 0.6) is 0 Å². The number of ether oxygens (including phenoxy) is 2. The lowest BCUT2D eigenvalue weighted by molar-refractivity contribution is -0.438. The Morgan fingerprint density at radius 2 is 1.48 bits per heavy atom. The molecule has 4 unspecified atom stereocenters. The number of carboxylic acid groups (broad SMARTS) is 2. The summed E-state index contributed by atoms with van der Waals surface area (Å²) in [7, 11) is 0. The molecule has 0 aromatic carbocycles. The van der Waals surface area contributed by atoms with E-state index >= 15 is 0 Å². The number of nitrogens with zero attached hydrogens (tertiary/aromatic N) is 6. The fourth-order valence-electron chi connectivity index (χ4n) is 3.92. The van der Waals surface area contributed by atoms with Gasteiger partial charge in [0.1, 0.15) is 78.8 Å². The molecule has 46 heavy (non-hydrogen) atoms. The molecule has 1 aromatic heterocycles. The Morgan fingerprint density at radius 1 is 0.957 bits per heavy atom. The van der Waals surface area contributed by atoms with Gasteiger partial charge in [-0.05, 0) is 5.53 Å². The second-order valence-corrected chi connectivity index (χ2v) is 10.1. The van der Waals surface area contributed by atoms with Crippen molar-refractivity contribution in [3.8, 4) is 12.3 Å². The Hall–Kier alpha value is -3.53. The lowest BCUT2D eigenvalue weighted by atomic mass is 9.94. The number of terminal acetylenes is 1. The van der Waals surface area contributed by atoms with E-state index in [4.69, 9.17) is 31.6 Å². The third-order valence-corrected chi connectivity index (χ3v) is 6.81. The van der Waals surface area contributed by atoms with Crippen LogP contribution in [0.4, 0.5) is 0 Å². The van der Waals surface area contributed by atoms with E-state index in [0.717, 1.165) is 0 Å². The van der Waals surface area contributed by atoms with Gasteiger partial charge < -0.3 is 81.6 Å². The normalized spacial score (nSPS) is 31.8. The van der Waals surface area contributed by atoms with Crippen molar-refractivity contribution in [1.82, 2.24) is 15.0 Å². The molecule has 3 heterocycles. The first kappa shape index (κ1) is 40.5. The molecule has 0 radical (unpaired) electrons. The highest BCUT2D eigenvalue weighted by Crippen LogP contribution is 2.31. The van der Waals surface area contributed by atoms with Crippen LogP contribution in [0.2, 0.25) is 0 Å². The molecule has 22 nitrogen and oxygen atoms in total. The minimum absolute atomic E-state index is 0.151. The van der Waals surface area contributed by atoms with E-state index < -0.39 is 98.3 Å². The van der Waals surface area contributed by atoms with E-state index in [1.165, 1.54) is 10.9 Å². The number of azide groups is 1. The maximum absolute atomic E-state index is 10.6. The Kier molecular flexibility index (Phi) is 17.5. The first-order chi connectivity index (χ1) is 21.6. The molecule has 12 atom stereocenters. The van der Waals surface area contributed by atoms with Gasteiger partial charge in [0.25, 0.3) is 0 Å². The predicted molar refractivity (Wildman–Crippen MR) is 142 cm³/mol. The summed E-state index contributed by atoms with van der Waals surface area (Å²) in [5, 5.41) is 106. The Morgan fingerprint density at radius 3 is 1.98 bits per heavy atom. The largest absolute Gasteiger partial charge is 0.544 e. The second-order valence-electron chi connectivity index (χ2n) is 10.1. The van der Waals surface area contributed by atoms with Crippen LogP contribution in [0.15, 0.2) is 11.3 Å². The first-order valence-corrected chi connectivity index (χ1v) is 13.7. The minimum Gasteiger partial charge on any atom is -0.544 e. The number of aromatic nitrogens is 3. The number of carboxylic acids is 2. The summed E-state index contributed by atoms with van der Waals surface area (Å²) in [5.41, 5.74) is 14.7. The third kappa shape index (κ3) is 11.7. The number of aliphatic hydroxyl groups excluding tert-OH is 8. The Bertz CT molecular complexity index is 1180. The van der Waals surface area contributed by atoms with Gasteiger partial charge in [0, 0.05) is 30.8 Å². The monoisotopic (exact) mass is 664 g/mol. The first-order valence-electron chi connectivity index (χ1n) is 13.7. The van der Waals surface area contributed by atoms with Crippen LogP contribution < -0.4 is 21.7 Å². The van der Waals surface area contributed by atoms with E-state index in [9.17, 15) is 50.4 Å². The van der Waals surface area contributed by atoms with Crippen LogP contribution in [0.3, 0.4) is 0 Å². The number of aryl methyl sites for hydroxylation is 1. The van der Waals surface area contributed by atoms with Crippen LogP contribution in [-0.2, 0) is 25.6 Å². The van der Waals surface area contributed by atoms with E-state index in [-0.39, 0.29) is 31.6 Å². The van der Waals surface area contributed by atoms with Crippen molar-refractivity contribution < 1.29 is 81.6 Å². The molecule has 0 spiro atoms. The van der Waals surface area contributed by atoms with Crippen molar-refractivity contribution in [3.05, 3.63) is 22.3 Å². The second kappa shape index (κ2) is 19.9. The van der Waals surface area contributed by atoms with Crippen molar-refractivity contribution >= 4 is 11.9 Å². The van der Waals surface area contributed by atoms with E-state index in [1.807, 2.05) is 0 Å². The van der Waals surface area contributed by atoms with Crippen molar-refractivity contribution in [2.45, 2.75) is 92.5 Å². The van der Waals surface area contributed by atoms with E-state index in [1.54, 1.807) is 0 Å². The summed E-state index contributed by atoms with van der Waals surface area (Å²) in [4.78, 5) is 23.0. The topological polar surface area (TPSA) is 395 Å². The highest BCUT2D eigenvalue weighted by molar-refractivity contribution is 5.69. The number of quaternary nitrogens is 2. The summed E-state index contributed by atoms with van der Waals surface area (Å²) >= 11 is 0. The van der Waals surface area contributed by atoms with Crippen molar-refractivity contribution in [2.24, 2.45) is 5.11 Å². The Labute approximate surface area is 261 Å². The SMILES string of the molecule is C#C[C@@H]1OC(CO)[C@H](O)[C@H](O)C1O.[N-]=[N+]=NCC[C@H]([NH3+])C(=O)[O-].[NH3+][C@@H](CCn1cc([C@@H]2OC(CO)[C@H](O)[C@H](O)C2O)nn1)C(=O)[O-]. The molecule has 0 amide bonds. The highest BCUT2D eigenvalue weighted by atomic mass is 16.6. The fourth-order valence-corrected chi connectivity index (χ4v) is 3.92. The average molecular weight is 665 g/mol. The number of hydrogen-bond acceptors (Lipinski definition) is 17. The molecule has 2 aliphatic rings. The molecular formula is C24H40N8O14. The van der Waals surface area contributed by atoms with Gasteiger partial charge in [0.15, 0.2) is 0 Å². The number of hydrogen-bond donors (Lipinski definition) is 10. The van der Waals surface area contributed by atoms with Gasteiger partial charge in [0.2, 0.25) is 0 Å². The number of carbonyl (C=O) groups excluding carboxylic acids is 2. The van der Waals surface area contributed by atoms with Gasteiger partial charge in [-0.3, -0.25) is 4.68 Å². The van der Waals surface area contributed by atoms with Crippen LogP contribution in [0.1, 0.15) is 24.6 Å². The molecule has 1 aromatic rings. The van der Waals surface area contributed by atoms with Gasteiger partial charge in [-0.25, -0.2) is 0 Å². The summed E-state index contributed by atoms with van der Waals surface area (Å²) in [5.74, 6) is -0.365. The summed E-state index contributed by atoms with van der Waals surface area (Å²) in [6.45, 7) is -0.626. The molecule has 0 bridgehead atoms. The molecule has 3 rings (SSSR count). The molecular weight excluding hydrogens is 624 g/mol. The van der Waals surface area contributed by atoms with Gasteiger partial charge in [0.05, 0.1) is 31.3 Å². The third-order valence-electron chi connectivity index (χ3n) is 6.81. The average Bonchev–Trinajstić information content (AvgIpc) is 3.51. The number of aliphatic carboxylic acids is 2. The van der Waals surface area contributed by atoms with E-state index in [0.29, 0.717) is 0 Å². The summed E-state index contributed by atoms with van der Waals surface area (Å²) < 4.78 is 11.6. The van der Waals surface area contributed by atoms with Gasteiger partial charge in [-0.1, -0.05) is 16.2 Å². The molecule has 260 valence electrons. The zero-order valence-electron chi connectivity index (χ0n) is 24.5. The maximum atomic E-state index is 10.6. The standard InChI is InChI=1S/C12H20N4O7.C8H12O5.C4H8N4O2/c13-5(12(21)22)1-2-16-3-6(14-15-16)11-10(20)9(19)8(18)7(4-17)23-11;1-2-4-6(10)8(12)7(11)5(3-9)13-4;5-3(4(9)10)1-2-7-8-6/h3,5,7-11,17-20H,1-2,4,13H2,(H,21,22);1,4-12H,3H2;3H,1-2,5H2,(H,9,10)/t5-,7?,8-,9-,10?,11-;4-,5?,6?,7-,8+;3-/m000/s1. The van der Waals surface area contributed by atoms with Gasteiger partial charge >= 0.3 is 0 Å². The molecule has 2 aliphatic heterocycles. The fraction of sp³-hybridized carbons (Fsp3) is 0.750. The van der Waals surface area contributed by atoms with Crippen molar-refractivity contribution in [1.29, 1.82) is 0 Å². The molecule has 0 aliphatic carbocycles. The zero-order chi connectivity index (χ0) is 35.1. The number of carbonyl (C=O) groups is 2. The number of rotatable bonds is 11. The highest BCUT2D eigenvalue weighted by Gasteiger charge is 2.45. The van der Waals surface area contributed by atoms with Crippen LogP contribution in [0, 0.1) is 12.3 Å². The smallest absolute Gasteiger partial charge is 0.146 e. The van der Waals surface area contributed by atoms with Crippen LogP contribution in [0.25, 0.3) is 10.4 Å². The molecule has 2 saturated heterocycles. The van der Waals surface area contributed by atoms with E-state index in [2.05, 4.69) is 37.7 Å². The van der Waals surface area contributed by atoms with Crippen LogP contribution >= 0.6 is 0 Å². The summed E-state index contributed by atoms with van der Waals surface area (Å²) in [6, 6.07) is -1.68. The maximum Gasteiger partial charge on any atom is 0.146 e. The van der Waals surface area contributed by atoms with Gasteiger partial charge in [-0.2, -0.15) is 0 Å². The van der Waals surface area contributed by atoms with Crippen molar-refractivity contribution in [3.63, 3.8) is 0 Å². The number of aliphatic hydroxyl groups is 8. The zero-order valence-corrected chi connectivity index (χ0v) is 24.5. The minimum atomic E-state index is -1.50.